The third-order valence-electron chi connectivity index (χ3n) is 1.68. The molecule has 0 saturated carbocycles. The van der Waals surface area contributed by atoms with E-state index < -0.39 is 0 Å². The van der Waals surface area contributed by atoms with Gasteiger partial charge in [-0.25, -0.2) is 4.98 Å². The van der Waals surface area contributed by atoms with E-state index in [9.17, 15) is 4.79 Å². The quantitative estimate of drug-likeness (QED) is 0.608. The summed E-state index contributed by atoms with van der Waals surface area (Å²) in [6.45, 7) is 1.06. The summed E-state index contributed by atoms with van der Waals surface area (Å²) in [6, 6.07) is 0. The SMILES string of the molecule is COCCNC(=O)Cc1nc(CCl)cs1. The molecule has 0 aliphatic rings. The fourth-order valence-corrected chi connectivity index (χ4v) is 2.00. The number of nitrogens with zero attached hydrogens (tertiary/aromatic N) is 1. The van der Waals surface area contributed by atoms with Gasteiger partial charge in [0.1, 0.15) is 5.01 Å². The van der Waals surface area contributed by atoms with E-state index in [4.69, 9.17) is 16.3 Å². The van der Waals surface area contributed by atoms with Crippen molar-refractivity contribution in [1.82, 2.24) is 10.3 Å². The van der Waals surface area contributed by atoms with Gasteiger partial charge < -0.3 is 10.1 Å². The second-order valence-electron chi connectivity index (χ2n) is 2.89. The first-order chi connectivity index (χ1) is 7.26. The van der Waals surface area contributed by atoms with Crippen LogP contribution in [-0.2, 0) is 21.8 Å². The van der Waals surface area contributed by atoms with Gasteiger partial charge in [0, 0.05) is 19.0 Å². The summed E-state index contributed by atoms with van der Waals surface area (Å²) in [6.07, 6.45) is 0.311. The number of halogens is 1. The average Bonchev–Trinajstić information content (AvgIpc) is 2.66. The number of hydrogen-bond donors (Lipinski definition) is 1. The third kappa shape index (κ3) is 4.59. The molecule has 0 spiro atoms. The van der Waals surface area contributed by atoms with Gasteiger partial charge in [0.15, 0.2) is 0 Å². The highest BCUT2D eigenvalue weighted by atomic mass is 35.5. The fraction of sp³-hybridized carbons (Fsp3) is 0.556. The minimum atomic E-state index is -0.0393. The van der Waals surface area contributed by atoms with Gasteiger partial charge in [-0.2, -0.15) is 0 Å². The Kier molecular flexibility index (Phi) is 5.60. The van der Waals surface area contributed by atoms with Crippen LogP contribution in [0, 0.1) is 0 Å². The fourth-order valence-electron chi connectivity index (χ4n) is 0.984. The molecule has 1 aromatic rings. The molecule has 4 nitrogen and oxygen atoms in total. The summed E-state index contributed by atoms with van der Waals surface area (Å²) in [5.74, 6) is 0.351. The summed E-state index contributed by atoms with van der Waals surface area (Å²) >= 11 is 7.06. The Bertz CT molecular complexity index is 317. The summed E-state index contributed by atoms with van der Waals surface area (Å²) in [7, 11) is 1.60. The predicted octanol–water partition coefficient (Wildman–Crippen LogP) is 1.19. The molecule has 0 atom stereocenters. The number of methoxy groups -OCH3 is 1. The molecular formula is C9H13ClN2O2S. The van der Waals surface area contributed by atoms with Crippen LogP contribution in [0.25, 0.3) is 0 Å². The molecule has 1 aromatic heterocycles. The summed E-state index contributed by atoms with van der Waals surface area (Å²) < 4.78 is 4.82. The smallest absolute Gasteiger partial charge is 0.226 e. The minimum absolute atomic E-state index is 0.0393. The van der Waals surface area contributed by atoms with E-state index in [1.165, 1.54) is 11.3 Å². The van der Waals surface area contributed by atoms with Crippen LogP contribution in [0.5, 0.6) is 0 Å². The van der Waals surface area contributed by atoms with Gasteiger partial charge >= 0.3 is 0 Å². The predicted molar refractivity (Wildman–Crippen MR) is 60.3 cm³/mol. The number of carbonyl (C=O) groups excluding carboxylic acids is 1. The van der Waals surface area contributed by atoms with Gasteiger partial charge in [-0.1, -0.05) is 0 Å². The molecule has 0 radical (unpaired) electrons. The summed E-state index contributed by atoms with van der Waals surface area (Å²) in [5, 5.41) is 5.39. The van der Waals surface area contributed by atoms with Crippen LogP contribution in [0.15, 0.2) is 5.38 Å². The van der Waals surface area contributed by atoms with E-state index in [1.807, 2.05) is 5.38 Å². The van der Waals surface area contributed by atoms with Crippen LogP contribution in [0.1, 0.15) is 10.7 Å². The molecule has 1 N–H and O–H groups in total. The Hall–Kier alpha value is -0.650. The van der Waals surface area contributed by atoms with E-state index in [2.05, 4.69) is 10.3 Å². The van der Waals surface area contributed by atoms with Gasteiger partial charge in [-0.15, -0.1) is 22.9 Å². The molecule has 1 amide bonds. The highest BCUT2D eigenvalue weighted by molar-refractivity contribution is 7.09. The van der Waals surface area contributed by atoms with Gasteiger partial charge in [-0.3, -0.25) is 4.79 Å². The van der Waals surface area contributed by atoms with Crippen molar-refractivity contribution in [1.29, 1.82) is 0 Å². The number of rotatable bonds is 6. The molecule has 1 heterocycles. The summed E-state index contributed by atoms with van der Waals surface area (Å²) in [4.78, 5) is 15.5. The Morgan fingerprint density at radius 2 is 2.53 bits per heavy atom. The Morgan fingerprint density at radius 3 is 3.13 bits per heavy atom. The second kappa shape index (κ2) is 6.76. The lowest BCUT2D eigenvalue weighted by atomic mass is 10.4. The highest BCUT2D eigenvalue weighted by Crippen LogP contribution is 2.11. The van der Waals surface area contributed by atoms with Crippen LogP contribution in [-0.4, -0.2) is 31.2 Å². The molecule has 0 aromatic carbocycles. The largest absolute Gasteiger partial charge is 0.383 e. The minimum Gasteiger partial charge on any atom is -0.383 e. The third-order valence-corrected chi connectivity index (χ3v) is 2.85. The Morgan fingerprint density at radius 1 is 1.73 bits per heavy atom. The molecule has 1 rings (SSSR count). The number of hydrogen-bond acceptors (Lipinski definition) is 4. The van der Waals surface area contributed by atoms with Gasteiger partial charge in [-0.05, 0) is 0 Å². The van der Waals surface area contributed by atoms with Crippen molar-refractivity contribution in [2.24, 2.45) is 0 Å². The van der Waals surface area contributed by atoms with E-state index in [0.29, 0.717) is 25.5 Å². The average molecular weight is 249 g/mol. The van der Waals surface area contributed by atoms with Gasteiger partial charge in [0.2, 0.25) is 5.91 Å². The van der Waals surface area contributed by atoms with E-state index >= 15 is 0 Å². The maximum Gasteiger partial charge on any atom is 0.226 e. The lowest BCUT2D eigenvalue weighted by molar-refractivity contribution is -0.120. The number of carbonyl (C=O) groups is 1. The van der Waals surface area contributed by atoms with Gasteiger partial charge in [0.25, 0.3) is 0 Å². The van der Waals surface area contributed by atoms with Crippen LogP contribution in [0.3, 0.4) is 0 Å². The van der Waals surface area contributed by atoms with Crippen LogP contribution in [0.2, 0.25) is 0 Å². The van der Waals surface area contributed by atoms with Crippen molar-refractivity contribution in [2.75, 3.05) is 20.3 Å². The lowest BCUT2D eigenvalue weighted by Gasteiger charge is -2.01. The van der Waals surface area contributed by atoms with Crippen LogP contribution in [0.4, 0.5) is 0 Å². The zero-order valence-electron chi connectivity index (χ0n) is 8.46. The molecule has 0 saturated heterocycles. The number of alkyl halides is 1. The van der Waals surface area contributed by atoms with Crippen molar-refractivity contribution in [3.05, 3.63) is 16.1 Å². The molecule has 0 unspecified atom stereocenters. The number of thiazole rings is 1. The van der Waals surface area contributed by atoms with Crippen molar-refractivity contribution in [2.45, 2.75) is 12.3 Å². The van der Waals surface area contributed by atoms with E-state index in [1.54, 1.807) is 7.11 Å². The zero-order valence-corrected chi connectivity index (χ0v) is 10.0. The molecule has 84 valence electrons. The summed E-state index contributed by atoms with van der Waals surface area (Å²) in [5.41, 5.74) is 0.821. The van der Waals surface area contributed by atoms with Crippen molar-refractivity contribution in [3.8, 4) is 0 Å². The normalized spacial score (nSPS) is 10.3. The first kappa shape index (κ1) is 12.4. The zero-order chi connectivity index (χ0) is 11.1. The Labute approximate surface area is 97.6 Å². The van der Waals surface area contributed by atoms with Crippen molar-refractivity contribution < 1.29 is 9.53 Å². The highest BCUT2D eigenvalue weighted by Gasteiger charge is 2.06. The van der Waals surface area contributed by atoms with Crippen molar-refractivity contribution >= 4 is 28.8 Å². The molecular weight excluding hydrogens is 236 g/mol. The number of amides is 1. The molecule has 0 fully saturated rings. The number of nitrogens with one attached hydrogen (secondary N) is 1. The van der Waals surface area contributed by atoms with Crippen molar-refractivity contribution in [3.63, 3.8) is 0 Å². The second-order valence-corrected chi connectivity index (χ2v) is 4.10. The van der Waals surface area contributed by atoms with E-state index in [-0.39, 0.29) is 5.91 Å². The maximum absolute atomic E-state index is 11.4. The van der Waals surface area contributed by atoms with Crippen LogP contribution < -0.4 is 5.32 Å². The molecule has 0 bridgehead atoms. The Balaban J connectivity index is 2.31. The molecule has 15 heavy (non-hydrogen) atoms. The number of aromatic nitrogens is 1. The van der Waals surface area contributed by atoms with Crippen LogP contribution >= 0.6 is 22.9 Å². The molecule has 6 heteroatoms. The van der Waals surface area contributed by atoms with Gasteiger partial charge in [0.05, 0.1) is 24.6 Å². The standard InChI is InChI=1S/C9H13ClN2O2S/c1-14-3-2-11-8(13)4-9-12-7(5-10)6-15-9/h6H,2-5H2,1H3,(H,11,13). The lowest BCUT2D eigenvalue weighted by Crippen LogP contribution is -2.28. The number of ether oxygens (including phenoxy) is 1. The monoisotopic (exact) mass is 248 g/mol. The van der Waals surface area contributed by atoms with E-state index in [0.717, 1.165) is 10.7 Å². The molecule has 0 aliphatic heterocycles. The molecule has 0 aliphatic carbocycles. The first-order valence-corrected chi connectivity index (χ1v) is 5.92. The topological polar surface area (TPSA) is 51.2 Å². The first-order valence-electron chi connectivity index (χ1n) is 4.51. The maximum atomic E-state index is 11.4.